The Morgan fingerprint density at radius 3 is 3.00 bits per heavy atom. The Morgan fingerprint density at radius 1 is 1.17 bits per heavy atom. The number of aromatic nitrogens is 2. The van der Waals surface area contributed by atoms with E-state index in [0.717, 1.165) is 27.6 Å². The largest absolute Gasteiger partial charge is 0.381 e. The lowest BCUT2D eigenvalue weighted by atomic mass is 10.2. The van der Waals surface area contributed by atoms with Gasteiger partial charge in [0.05, 0.1) is 11.7 Å². The molecule has 2 N–H and O–H groups in total. The van der Waals surface area contributed by atoms with E-state index in [4.69, 9.17) is 0 Å². The van der Waals surface area contributed by atoms with Gasteiger partial charge in [-0.25, -0.2) is 0 Å². The monoisotopic (exact) mass is 301 g/mol. The number of rotatable bonds is 3. The fraction of sp³-hybridized carbons (Fsp3) is 0.0714. The van der Waals surface area contributed by atoms with Crippen molar-refractivity contribution in [3.8, 4) is 0 Å². The molecule has 1 aromatic heterocycles. The molecule has 0 radical (unpaired) electrons. The molecule has 0 atom stereocenters. The molecule has 3 aromatic rings. The molecule has 0 fully saturated rings. The van der Waals surface area contributed by atoms with Crippen LogP contribution in [0.15, 0.2) is 53.1 Å². The normalized spacial score (nSPS) is 10.7. The van der Waals surface area contributed by atoms with Crippen LogP contribution in [0.5, 0.6) is 0 Å². The second-order valence-electron chi connectivity index (χ2n) is 4.16. The summed E-state index contributed by atoms with van der Waals surface area (Å²) in [5.41, 5.74) is 3.38. The number of hydrogen-bond acceptors (Lipinski definition) is 2. The van der Waals surface area contributed by atoms with Crippen molar-refractivity contribution in [2.24, 2.45) is 0 Å². The van der Waals surface area contributed by atoms with Crippen LogP contribution in [-0.2, 0) is 6.54 Å². The molecule has 2 aromatic carbocycles. The smallest absolute Gasteiger partial charge is 0.0670 e. The second kappa shape index (κ2) is 4.82. The number of nitrogens with zero attached hydrogens (tertiary/aromatic N) is 1. The van der Waals surface area contributed by atoms with E-state index in [1.807, 2.05) is 18.3 Å². The van der Waals surface area contributed by atoms with Crippen LogP contribution in [0.2, 0.25) is 0 Å². The van der Waals surface area contributed by atoms with Gasteiger partial charge in [0.25, 0.3) is 0 Å². The van der Waals surface area contributed by atoms with Crippen LogP contribution < -0.4 is 5.32 Å². The first-order valence-corrected chi connectivity index (χ1v) is 6.52. The Kier molecular flexibility index (Phi) is 3.02. The van der Waals surface area contributed by atoms with Gasteiger partial charge >= 0.3 is 0 Å². The van der Waals surface area contributed by atoms with E-state index in [1.54, 1.807) is 0 Å². The summed E-state index contributed by atoms with van der Waals surface area (Å²) in [6, 6.07) is 14.5. The molecule has 0 saturated carbocycles. The summed E-state index contributed by atoms with van der Waals surface area (Å²) in [5.74, 6) is 0. The van der Waals surface area contributed by atoms with Crippen LogP contribution in [0.3, 0.4) is 0 Å². The summed E-state index contributed by atoms with van der Waals surface area (Å²) in [6.07, 6.45) is 1.83. The summed E-state index contributed by atoms with van der Waals surface area (Å²) in [6.45, 7) is 0.805. The van der Waals surface area contributed by atoms with Crippen LogP contribution in [-0.4, -0.2) is 10.2 Å². The third kappa shape index (κ3) is 2.38. The Morgan fingerprint density at radius 2 is 2.11 bits per heavy atom. The maximum absolute atomic E-state index is 4.01. The summed E-state index contributed by atoms with van der Waals surface area (Å²) < 4.78 is 1.10. The lowest BCUT2D eigenvalue weighted by molar-refractivity contribution is 1.12. The molecule has 0 aliphatic carbocycles. The molecule has 0 aliphatic rings. The number of aromatic amines is 1. The quantitative estimate of drug-likeness (QED) is 0.769. The minimum atomic E-state index is 0.805. The van der Waals surface area contributed by atoms with Gasteiger partial charge in [0.1, 0.15) is 0 Å². The van der Waals surface area contributed by atoms with E-state index in [1.165, 1.54) is 5.56 Å². The first kappa shape index (κ1) is 11.3. The lowest BCUT2D eigenvalue weighted by Crippen LogP contribution is -1.98. The van der Waals surface area contributed by atoms with Gasteiger partial charge in [0.15, 0.2) is 0 Å². The number of H-pyrrole nitrogens is 1. The zero-order valence-corrected chi connectivity index (χ0v) is 11.2. The van der Waals surface area contributed by atoms with Gasteiger partial charge in [-0.1, -0.05) is 28.1 Å². The molecule has 0 amide bonds. The Balaban J connectivity index is 1.76. The topological polar surface area (TPSA) is 40.7 Å². The second-order valence-corrected chi connectivity index (χ2v) is 5.07. The number of benzene rings is 2. The van der Waals surface area contributed by atoms with Crippen molar-refractivity contribution in [1.29, 1.82) is 0 Å². The molecular weight excluding hydrogens is 290 g/mol. The average molecular weight is 302 g/mol. The Hall–Kier alpha value is -1.81. The Bertz CT molecular complexity index is 675. The molecule has 4 heteroatoms. The van der Waals surface area contributed by atoms with Gasteiger partial charge in [-0.3, -0.25) is 5.10 Å². The lowest BCUT2D eigenvalue weighted by Gasteiger charge is -2.06. The van der Waals surface area contributed by atoms with Gasteiger partial charge in [-0.05, 0) is 35.9 Å². The highest BCUT2D eigenvalue weighted by molar-refractivity contribution is 9.10. The first-order valence-electron chi connectivity index (χ1n) is 5.73. The van der Waals surface area contributed by atoms with E-state index in [9.17, 15) is 0 Å². The average Bonchev–Trinajstić information content (AvgIpc) is 2.84. The third-order valence-corrected chi connectivity index (χ3v) is 3.32. The molecule has 0 saturated heterocycles. The highest BCUT2D eigenvalue weighted by Crippen LogP contribution is 2.18. The molecule has 90 valence electrons. The third-order valence-electron chi connectivity index (χ3n) is 2.83. The van der Waals surface area contributed by atoms with Crippen molar-refractivity contribution >= 4 is 32.5 Å². The van der Waals surface area contributed by atoms with Gasteiger partial charge in [-0.15, -0.1) is 0 Å². The molecule has 18 heavy (non-hydrogen) atoms. The van der Waals surface area contributed by atoms with Crippen LogP contribution in [0.4, 0.5) is 5.69 Å². The number of nitrogens with one attached hydrogen (secondary N) is 2. The van der Waals surface area contributed by atoms with E-state index in [0.29, 0.717) is 0 Å². The van der Waals surface area contributed by atoms with Crippen molar-refractivity contribution in [3.05, 3.63) is 58.7 Å². The molecule has 0 aliphatic heterocycles. The predicted octanol–water partition coefficient (Wildman–Crippen LogP) is 3.94. The number of anilines is 1. The molecule has 0 spiro atoms. The molecular formula is C14H12BrN3. The van der Waals surface area contributed by atoms with E-state index >= 15 is 0 Å². The first-order chi connectivity index (χ1) is 8.81. The highest BCUT2D eigenvalue weighted by atomic mass is 79.9. The van der Waals surface area contributed by atoms with Crippen molar-refractivity contribution in [2.45, 2.75) is 6.54 Å². The summed E-state index contributed by atoms with van der Waals surface area (Å²) >= 11 is 3.47. The van der Waals surface area contributed by atoms with Crippen LogP contribution in [0.1, 0.15) is 5.56 Å². The fourth-order valence-electron chi connectivity index (χ4n) is 1.90. The summed E-state index contributed by atoms with van der Waals surface area (Å²) in [4.78, 5) is 0. The molecule has 1 heterocycles. The number of hydrogen-bond donors (Lipinski definition) is 2. The summed E-state index contributed by atoms with van der Waals surface area (Å²) in [5, 5.41) is 11.5. The highest BCUT2D eigenvalue weighted by Gasteiger charge is 1.98. The van der Waals surface area contributed by atoms with Crippen LogP contribution >= 0.6 is 15.9 Å². The molecule has 0 unspecified atom stereocenters. The predicted molar refractivity (Wildman–Crippen MR) is 77.6 cm³/mol. The van der Waals surface area contributed by atoms with Gasteiger partial charge in [-0.2, -0.15) is 5.10 Å². The number of halogens is 1. The number of fused-ring (bicyclic) bond motifs is 1. The zero-order valence-electron chi connectivity index (χ0n) is 9.65. The van der Waals surface area contributed by atoms with Crippen molar-refractivity contribution < 1.29 is 0 Å². The van der Waals surface area contributed by atoms with Gasteiger partial charge in [0, 0.05) is 22.1 Å². The Labute approximate surface area is 113 Å². The zero-order chi connectivity index (χ0) is 12.4. The maximum Gasteiger partial charge on any atom is 0.0670 e. The van der Waals surface area contributed by atoms with Crippen molar-refractivity contribution in [2.75, 3.05) is 5.32 Å². The van der Waals surface area contributed by atoms with E-state index < -0.39 is 0 Å². The van der Waals surface area contributed by atoms with Crippen molar-refractivity contribution in [3.63, 3.8) is 0 Å². The van der Waals surface area contributed by atoms with Gasteiger partial charge < -0.3 is 5.32 Å². The van der Waals surface area contributed by atoms with E-state index in [-0.39, 0.29) is 0 Å². The molecule has 0 bridgehead atoms. The summed E-state index contributed by atoms with van der Waals surface area (Å²) in [7, 11) is 0. The minimum Gasteiger partial charge on any atom is -0.381 e. The molecule has 3 rings (SSSR count). The van der Waals surface area contributed by atoms with E-state index in [2.05, 4.69) is 61.8 Å². The van der Waals surface area contributed by atoms with Crippen LogP contribution in [0.25, 0.3) is 10.9 Å². The maximum atomic E-state index is 4.01. The van der Waals surface area contributed by atoms with Crippen molar-refractivity contribution in [1.82, 2.24) is 10.2 Å². The SMILES string of the molecule is Brc1cccc(CNc2ccc3cn[nH]c3c2)c1. The molecule has 3 nitrogen and oxygen atoms in total. The fourth-order valence-corrected chi connectivity index (χ4v) is 2.34. The standard InChI is InChI=1S/C14H12BrN3/c15-12-3-1-2-10(6-12)8-16-13-5-4-11-9-17-18-14(11)7-13/h1-7,9,16H,8H2,(H,17,18). The van der Waals surface area contributed by atoms with Gasteiger partial charge in [0.2, 0.25) is 0 Å². The van der Waals surface area contributed by atoms with Crippen LogP contribution in [0, 0.1) is 0 Å². The minimum absolute atomic E-state index is 0.805.